The Bertz CT molecular complexity index is 349. The maximum absolute atomic E-state index is 10.1. The van der Waals surface area contributed by atoms with E-state index >= 15 is 0 Å². The molecule has 0 aliphatic carbocycles. The van der Waals surface area contributed by atoms with E-state index in [2.05, 4.69) is 43.4 Å². The lowest BCUT2D eigenvalue weighted by Crippen LogP contribution is -2.44. The molecule has 0 aliphatic heterocycles. The van der Waals surface area contributed by atoms with Gasteiger partial charge in [-0.3, -0.25) is 0 Å². The summed E-state index contributed by atoms with van der Waals surface area (Å²) in [6, 6.07) is 10.5. The van der Waals surface area contributed by atoms with Crippen molar-refractivity contribution in [2.24, 2.45) is 0 Å². The van der Waals surface area contributed by atoms with Gasteiger partial charge >= 0.3 is 0 Å². The zero-order valence-corrected chi connectivity index (χ0v) is 12.7. The van der Waals surface area contributed by atoms with Crippen molar-refractivity contribution < 1.29 is 5.11 Å². The van der Waals surface area contributed by atoms with Gasteiger partial charge in [0.15, 0.2) is 0 Å². The Morgan fingerprint density at radius 2 is 1.72 bits per heavy atom. The van der Waals surface area contributed by atoms with Crippen molar-refractivity contribution in [3.05, 3.63) is 35.9 Å². The Morgan fingerprint density at radius 1 is 1.11 bits per heavy atom. The fraction of sp³-hybridized carbons (Fsp3) is 0.600. The van der Waals surface area contributed by atoms with Crippen molar-refractivity contribution in [3.8, 4) is 0 Å². The minimum atomic E-state index is -0.633. The maximum Gasteiger partial charge on any atom is 0.0833 e. The highest BCUT2D eigenvalue weighted by Gasteiger charge is 2.23. The average molecular weight is 267 g/mol. The third-order valence-corrected chi connectivity index (χ3v) is 3.99. The fourth-order valence-corrected chi connectivity index (χ4v) is 2.72. The van der Waals surface area contributed by atoms with Gasteiger partial charge in [-0.1, -0.05) is 44.2 Å². The number of rotatable bonds is 7. The van der Waals surface area contributed by atoms with E-state index in [4.69, 9.17) is 0 Å². The van der Waals surface area contributed by atoms with E-state index in [9.17, 15) is 5.11 Å². The summed E-state index contributed by atoms with van der Waals surface area (Å²) < 4.78 is 0. The molecular weight excluding hydrogens is 242 g/mol. The molecule has 0 spiro atoms. The largest absolute Gasteiger partial charge is 0.388 e. The third kappa shape index (κ3) is 5.01. The topological polar surface area (TPSA) is 32.3 Å². The highest BCUT2D eigenvalue weighted by molar-refractivity contribution is 7.98. The second-order valence-corrected chi connectivity index (χ2v) is 6.65. The summed E-state index contributed by atoms with van der Waals surface area (Å²) in [7, 11) is 0. The molecule has 1 aromatic rings. The highest BCUT2D eigenvalue weighted by atomic mass is 32.2. The van der Waals surface area contributed by atoms with Gasteiger partial charge in [-0.25, -0.2) is 0 Å². The van der Waals surface area contributed by atoms with Crippen LogP contribution in [0.5, 0.6) is 0 Å². The first-order chi connectivity index (χ1) is 8.37. The van der Waals surface area contributed by atoms with Crippen LogP contribution in [0.4, 0.5) is 0 Å². The number of nitrogens with one attached hydrogen (secondary N) is 1. The number of aliphatic hydroxyl groups is 1. The zero-order valence-electron chi connectivity index (χ0n) is 11.9. The molecule has 2 N–H and O–H groups in total. The highest BCUT2D eigenvalue weighted by Crippen LogP contribution is 2.22. The van der Waals surface area contributed by atoms with E-state index in [-0.39, 0.29) is 5.41 Å². The Morgan fingerprint density at radius 3 is 2.28 bits per heavy atom. The van der Waals surface area contributed by atoms with Gasteiger partial charge in [0.05, 0.1) is 5.60 Å². The van der Waals surface area contributed by atoms with Crippen molar-refractivity contribution in [3.63, 3.8) is 0 Å². The van der Waals surface area contributed by atoms with E-state index in [0.29, 0.717) is 6.54 Å². The average Bonchev–Trinajstić information content (AvgIpc) is 2.29. The molecule has 0 heterocycles. The van der Waals surface area contributed by atoms with Crippen molar-refractivity contribution >= 4 is 11.8 Å². The molecule has 18 heavy (non-hydrogen) atoms. The Hall–Kier alpha value is -0.510. The molecule has 0 aromatic heterocycles. The second-order valence-electron chi connectivity index (χ2n) is 5.78. The van der Waals surface area contributed by atoms with Gasteiger partial charge < -0.3 is 10.4 Å². The van der Waals surface area contributed by atoms with Crippen LogP contribution in [0.25, 0.3) is 0 Å². The van der Waals surface area contributed by atoms with Crippen molar-refractivity contribution in [1.82, 2.24) is 5.32 Å². The van der Waals surface area contributed by atoms with E-state index in [0.717, 1.165) is 12.3 Å². The van der Waals surface area contributed by atoms with Crippen LogP contribution in [0.1, 0.15) is 26.3 Å². The number of thioether (sulfide) groups is 1. The lowest BCUT2D eigenvalue weighted by atomic mass is 9.84. The van der Waals surface area contributed by atoms with Crippen LogP contribution < -0.4 is 5.32 Å². The first-order valence-electron chi connectivity index (χ1n) is 6.35. The van der Waals surface area contributed by atoms with Crippen LogP contribution >= 0.6 is 11.8 Å². The summed E-state index contributed by atoms with van der Waals surface area (Å²) in [5.74, 6) is 0.756. The Kier molecular flexibility index (Phi) is 5.70. The number of hydrogen-bond donors (Lipinski definition) is 2. The Labute approximate surface area is 115 Å². The van der Waals surface area contributed by atoms with Gasteiger partial charge in [-0.2, -0.15) is 11.8 Å². The van der Waals surface area contributed by atoms with Gasteiger partial charge in [-0.05, 0) is 18.7 Å². The van der Waals surface area contributed by atoms with Gasteiger partial charge in [0.1, 0.15) is 0 Å². The SMILES string of the molecule is CSCC(C)(O)CNCC(C)(C)c1ccccc1. The molecule has 2 nitrogen and oxygen atoms in total. The van der Waals surface area contributed by atoms with Gasteiger partial charge in [0, 0.05) is 24.3 Å². The summed E-state index contributed by atoms with van der Waals surface area (Å²) >= 11 is 1.67. The molecule has 102 valence electrons. The van der Waals surface area contributed by atoms with E-state index in [1.54, 1.807) is 11.8 Å². The third-order valence-electron chi connectivity index (χ3n) is 3.08. The van der Waals surface area contributed by atoms with E-state index in [1.165, 1.54) is 5.56 Å². The minimum absolute atomic E-state index is 0.0801. The molecule has 1 atom stereocenters. The number of benzene rings is 1. The molecule has 1 unspecified atom stereocenters. The first-order valence-corrected chi connectivity index (χ1v) is 7.74. The van der Waals surface area contributed by atoms with Crippen molar-refractivity contribution in [2.75, 3.05) is 25.1 Å². The molecule has 3 heteroatoms. The second kappa shape index (κ2) is 6.60. The summed E-state index contributed by atoms with van der Waals surface area (Å²) in [5.41, 5.74) is 0.769. The van der Waals surface area contributed by atoms with Crippen LogP contribution in [0.15, 0.2) is 30.3 Å². The normalized spacial score (nSPS) is 15.4. The van der Waals surface area contributed by atoms with E-state index in [1.807, 2.05) is 19.2 Å². The molecule has 0 saturated heterocycles. The molecule has 0 bridgehead atoms. The Balaban J connectivity index is 2.48. The smallest absolute Gasteiger partial charge is 0.0833 e. The lowest BCUT2D eigenvalue weighted by Gasteiger charge is -2.29. The molecule has 0 radical (unpaired) electrons. The quantitative estimate of drug-likeness (QED) is 0.796. The van der Waals surface area contributed by atoms with Crippen LogP contribution in [-0.4, -0.2) is 35.8 Å². The molecule has 0 aliphatic rings. The molecule has 0 amide bonds. The predicted octanol–water partition coefficient (Wildman–Crippen LogP) is 2.67. The predicted molar refractivity (Wildman–Crippen MR) is 81.3 cm³/mol. The van der Waals surface area contributed by atoms with Crippen molar-refractivity contribution in [2.45, 2.75) is 31.8 Å². The molecular formula is C15H25NOS. The van der Waals surface area contributed by atoms with Crippen LogP contribution in [0.3, 0.4) is 0 Å². The fourth-order valence-electron chi connectivity index (χ4n) is 2.00. The van der Waals surface area contributed by atoms with Crippen LogP contribution in [0.2, 0.25) is 0 Å². The molecule has 1 aromatic carbocycles. The first kappa shape index (κ1) is 15.5. The van der Waals surface area contributed by atoms with Gasteiger partial charge in [0.2, 0.25) is 0 Å². The molecule has 0 fully saturated rings. The van der Waals surface area contributed by atoms with Crippen LogP contribution in [0, 0.1) is 0 Å². The molecule has 1 rings (SSSR count). The minimum Gasteiger partial charge on any atom is -0.388 e. The zero-order chi connectivity index (χ0) is 13.6. The number of hydrogen-bond acceptors (Lipinski definition) is 3. The summed E-state index contributed by atoms with van der Waals surface area (Å²) in [6.45, 7) is 7.81. The summed E-state index contributed by atoms with van der Waals surface area (Å²) in [6.07, 6.45) is 2.02. The van der Waals surface area contributed by atoms with Crippen molar-refractivity contribution in [1.29, 1.82) is 0 Å². The summed E-state index contributed by atoms with van der Waals surface area (Å²) in [5, 5.41) is 13.5. The standard InChI is InChI=1S/C15H25NOS/c1-14(2,13-8-6-5-7-9-13)10-16-11-15(3,17)12-18-4/h5-9,16-17H,10-12H2,1-4H3. The summed E-state index contributed by atoms with van der Waals surface area (Å²) in [4.78, 5) is 0. The molecule has 0 saturated carbocycles. The monoisotopic (exact) mass is 267 g/mol. The van der Waals surface area contributed by atoms with Crippen LogP contribution in [-0.2, 0) is 5.41 Å². The van der Waals surface area contributed by atoms with Gasteiger partial charge in [-0.15, -0.1) is 0 Å². The van der Waals surface area contributed by atoms with E-state index < -0.39 is 5.60 Å². The van der Waals surface area contributed by atoms with Gasteiger partial charge in [0.25, 0.3) is 0 Å². The maximum atomic E-state index is 10.1. The lowest BCUT2D eigenvalue weighted by molar-refractivity contribution is 0.0836.